The van der Waals surface area contributed by atoms with Crippen molar-refractivity contribution in [1.29, 1.82) is 0 Å². The van der Waals surface area contributed by atoms with Crippen molar-refractivity contribution in [3.05, 3.63) is 45.9 Å². The van der Waals surface area contributed by atoms with Crippen LogP contribution in [-0.2, 0) is 42.9 Å². The van der Waals surface area contributed by atoms with Gasteiger partial charge in [0.1, 0.15) is 36.4 Å². The van der Waals surface area contributed by atoms with Crippen LogP contribution >= 0.6 is 21.6 Å². The zero-order valence-electron chi connectivity index (χ0n) is 30.5. The van der Waals surface area contributed by atoms with Gasteiger partial charge in [0.15, 0.2) is 11.9 Å². The molecule has 2 amide bonds. The van der Waals surface area contributed by atoms with Gasteiger partial charge in [-0.3, -0.25) is 24.0 Å². The van der Waals surface area contributed by atoms with E-state index in [9.17, 15) is 44.1 Å². The minimum atomic E-state index is -1.67. The van der Waals surface area contributed by atoms with Gasteiger partial charge in [0.2, 0.25) is 12.2 Å². The molecule has 1 saturated carbocycles. The van der Waals surface area contributed by atoms with Crippen LogP contribution in [0.1, 0.15) is 75.6 Å². The highest BCUT2D eigenvalue weighted by molar-refractivity contribution is 8.78. The fraction of sp³-hybridized carbons (Fsp3) is 0.543. The Balaban J connectivity index is 1.14. The van der Waals surface area contributed by atoms with Crippen molar-refractivity contribution in [2.75, 3.05) is 32.6 Å². The molecular weight excluding hydrogens is 765 g/mol. The lowest BCUT2D eigenvalue weighted by Crippen LogP contribution is -2.41. The molecule has 18 nitrogen and oxygen atoms in total. The molecule has 2 atom stereocenters. The van der Waals surface area contributed by atoms with E-state index in [4.69, 9.17) is 18.8 Å². The van der Waals surface area contributed by atoms with Gasteiger partial charge >= 0.3 is 23.9 Å². The van der Waals surface area contributed by atoms with Crippen molar-refractivity contribution in [2.45, 2.75) is 89.6 Å². The first-order valence-electron chi connectivity index (χ1n) is 17.5. The van der Waals surface area contributed by atoms with Gasteiger partial charge in [0, 0.05) is 54.3 Å². The minimum absolute atomic E-state index is 0.00871. The van der Waals surface area contributed by atoms with Crippen LogP contribution in [0.25, 0.3) is 11.0 Å². The molecule has 0 saturated heterocycles. The molecule has 4 rings (SSSR count). The van der Waals surface area contributed by atoms with Crippen molar-refractivity contribution in [3.63, 3.8) is 0 Å². The van der Waals surface area contributed by atoms with Crippen molar-refractivity contribution < 1.29 is 67.7 Å². The molecule has 1 aliphatic heterocycles. The molecule has 20 heteroatoms. The Morgan fingerprint density at radius 2 is 1.73 bits per heavy atom. The van der Waals surface area contributed by atoms with Gasteiger partial charge in [-0.05, 0) is 67.5 Å². The third-order valence-electron chi connectivity index (χ3n) is 8.91. The number of fused-ring (bicyclic) bond motifs is 1. The van der Waals surface area contributed by atoms with E-state index in [1.807, 2.05) is 6.92 Å². The van der Waals surface area contributed by atoms with Crippen molar-refractivity contribution in [1.82, 2.24) is 20.1 Å². The Hall–Kier alpha value is -4.82. The van der Waals surface area contributed by atoms with Gasteiger partial charge in [-0.1, -0.05) is 28.5 Å². The third-order valence-corrected chi connectivity index (χ3v) is 11.6. The SMILES string of the molecule is CCSS/C(CCOC(=O)CCCC(=O)O[C@H]1CC[C@H](N(C)C(=O)c2ccc3nonc3c2)CC1)=C(/C)N(C=O)CC(=O)OCC(O)C1OC(=O)C(O)=C1O. The molecule has 300 valence electrons. The van der Waals surface area contributed by atoms with E-state index >= 15 is 0 Å². The maximum absolute atomic E-state index is 13.0. The molecule has 2 unspecified atom stereocenters. The number of cyclic esters (lactones) is 1. The molecule has 1 aliphatic carbocycles. The smallest absolute Gasteiger partial charge is 0.377 e. The summed E-state index contributed by atoms with van der Waals surface area (Å²) in [6.07, 6.45) is -0.0952. The highest BCUT2D eigenvalue weighted by Gasteiger charge is 2.40. The van der Waals surface area contributed by atoms with Gasteiger partial charge in [0.25, 0.3) is 5.91 Å². The number of aliphatic hydroxyl groups is 3. The van der Waals surface area contributed by atoms with Crippen molar-refractivity contribution in [2.24, 2.45) is 0 Å². The topological polar surface area (TPSA) is 245 Å². The number of hydrogen-bond donors (Lipinski definition) is 3. The van der Waals surface area contributed by atoms with E-state index in [1.54, 1.807) is 37.1 Å². The van der Waals surface area contributed by atoms with Crippen LogP contribution in [0, 0.1) is 0 Å². The molecule has 55 heavy (non-hydrogen) atoms. The fourth-order valence-electron chi connectivity index (χ4n) is 5.77. The maximum atomic E-state index is 13.0. The largest absolute Gasteiger partial charge is 0.505 e. The van der Waals surface area contributed by atoms with Crippen LogP contribution in [0.3, 0.4) is 0 Å². The summed E-state index contributed by atoms with van der Waals surface area (Å²) in [4.78, 5) is 77.1. The number of benzene rings is 1. The first-order chi connectivity index (χ1) is 26.3. The molecule has 0 bridgehead atoms. The summed E-state index contributed by atoms with van der Waals surface area (Å²) in [7, 11) is 4.57. The molecule has 2 heterocycles. The normalized spacial score (nSPS) is 19.3. The summed E-state index contributed by atoms with van der Waals surface area (Å²) >= 11 is 0. The number of aromatic nitrogens is 2. The van der Waals surface area contributed by atoms with Gasteiger partial charge in [-0.15, -0.1) is 0 Å². The number of hydrogen-bond acceptors (Lipinski definition) is 18. The van der Waals surface area contributed by atoms with Gasteiger partial charge in [-0.2, -0.15) is 0 Å². The Morgan fingerprint density at radius 1 is 1.02 bits per heavy atom. The first-order valence-corrected chi connectivity index (χ1v) is 19.9. The van der Waals surface area contributed by atoms with Crippen LogP contribution in [0.5, 0.6) is 0 Å². The number of rotatable bonds is 20. The zero-order chi connectivity index (χ0) is 40.1. The molecule has 1 aromatic carbocycles. The van der Waals surface area contributed by atoms with Gasteiger partial charge in [-0.25, -0.2) is 9.42 Å². The van der Waals surface area contributed by atoms with Crippen LogP contribution in [0.4, 0.5) is 0 Å². The predicted molar refractivity (Wildman–Crippen MR) is 196 cm³/mol. The zero-order valence-corrected chi connectivity index (χ0v) is 32.2. The van der Waals surface area contributed by atoms with Gasteiger partial charge < -0.3 is 44.1 Å². The second kappa shape index (κ2) is 20.7. The molecule has 2 aliphatic rings. The van der Waals surface area contributed by atoms with Crippen LogP contribution in [0.2, 0.25) is 0 Å². The lowest BCUT2D eigenvalue weighted by Gasteiger charge is -2.34. The standard InChI is InChI=1S/C35H44N4O14S2/c1-4-54-55-27(20(2)39(19-40)17-30(44)50-18-26(41)33-31(45)32(46)35(48)52-33)14-15-49-28(42)6-5-7-29(43)51-23-11-9-22(10-12-23)38(3)34(47)21-8-13-24-25(16-21)37-53-36-24/h8,13,16,19,22-23,26,33,41,45-46H,4-7,9-12,14-15,17-18H2,1-3H3/b27-20-/t22-,23-,26?,33?. The Morgan fingerprint density at radius 3 is 2.40 bits per heavy atom. The van der Waals surface area contributed by atoms with Gasteiger partial charge in [0.05, 0.1) is 6.61 Å². The van der Waals surface area contributed by atoms with E-state index in [0.29, 0.717) is 59.3 Å². The number of esters is 4. The minimum Gasteiger partial charge on any atom is -0.505 e. The van der Waals surface area contributed by atoms with Crippen LogP contribution in [-0.4, -0.2) is 129 Å². The molecule has 3 N–H and O–H groups in total. The summed E-state index contributed by atoms with van der Waals surface area (Å²) in [6, 6.07) is 4.99. The second-order valence-electron chi connectivity index (χ2n) is 12.7. The van der Waals surface area contributed by atoms with Crippen molar-refractivity contribution in [3.8, 4) is 0 Å². The van der Waals surface area contributed by atoms with E-state index in [-0.39, 0.29) is 50.3 Å². The number of aliphatic hydroxyl groups excluding tert-OH is 3. The predicted octanol–water partition coefficient (Wildman–Crippen LogP) is 3.50. The average molecular weight is 809 g/mol. The van der Waals surface area contributed by atoms with Crippen LogP contribution in [0.15, 0.2) is 44.9 Å². The van der Waals surface area contributed by atoms with E-state index in [1.165, 1.54) is 21.6 Å². The number of nitrogens with zero attached hydrogens (tertiary/aromatic N) is 4. The van der Waals surface area contributed by atoms with E-state index < -0.39 is 60.8 Å². The number of carbonyl (C=O) groups excluding carboxylic acids is 6. The Bertz CT molecular complexity index is 1770. The number of amides is 2. The molecule has 1 aromatic heterocycles. The maximum Gasteiger partial charge on any atom is 0.377 e. The summed E-state index contributed by atoms with van der Waals surface area (Å²) < 4.78 is 25.3. The lowest BCUT2D eigenvalue weighted by molar-refractivity contribution is -0.156. The Labute approximate surface area is 323 Å². The van der Waals surface area contributed by atoms with Crippen molar-refractivity contribution >= 4 is 68.8 Å². The quantitative estimate of drug-likeness (QED) is 0.0750. The van der Waals surface area contributed by atoms with E-state index in [0.717, 1.165) is 10.7 Å². The monoisotopic (exact) mass is 808 g/mol. The number of carbonyl (C=O) groups is 6. The summed E-state index contributed by atoms with van der Waals surface area (Å²) in [5, 5.41) is 36.8. The molecule has 0 radical (unpaired) electrons. The third kappa shape index (κ3) is 12.1. The fourth-order valence-corrected chi connectivity index (χ4v) is 7.83. The molecule has 0 spiro atoms. The van der Waals surface area contributed by atoms with E-state index in [2.05, 4.69) is 15.1 Å². The highest BCUT2D eigenvalue weighted by atomic mass is 33.1. The molecule has 1 fully saturated rings. The highest BCUT2D eigenvalue weighted by Crippen LogP contribution is 2.35. The summed E-state index contributed by atoms with van der Waals surface area (Å²) in [6.45, 7) is 2.28. The second-order valence-corrected chi connectivity index (χ2v) is 15.3. The number of ether oxygens (including phenoxy) is 4. The summed E-state index contributed by atoms with van der Waals surface area (Å²) in [5.74, 6) is -4.43. The first kappa shape index (κ1) is 42.9. The number of allylic oxidation sites excluding steroid dienone is 1. The average Bonchev–Trinajstić information content (AvgIpc) is 3.76. The molecular formula is C35H44N4O14S2. The lowest BCUT2D eigenvalue weighted by atomic mass is 9.91. The Kier molecular flexibility index (Phi) is 16.2. The van der Waals surface area contributed by atoms with Crippen LogP contribution < -0.4 is 0 Å². The molecule has 2 aromatic rings. The summed E-state index contributed by atoms with van der Waals surface area (Å²) in [5.41, 5.74) is 1.96.